The minimum atomic E-state index is 0.989. The molecule has 0 amide bonds. The van der Waals surface area contributed by atoms with Crippen molar-refractivity contribution in [3.63, 3.8) is 0 Å². The normalized spacial score (nSPS) is 10.9. The second-order valence-corrected chi connectivity index (χ2v) is 5.96. The highest BCUT2D eigenvalue weighted by Crippen LogP contribution is 2.24. The molecule has 0 aliphatic rings. The van der Waals surface area contributed by atoms with Gasteiger partial charge >= 0.3 is 0 Å². The van der Waals surface area contributed by atoms with Gasteiger partial charge in [0.05, 0.1) is 4.34 Å². The van der Waals surface area contributed by atoms with Crippen molar-refractivity contribution in [3.8, 4) is 0 Å². The van der Waals surface area contributed by atoms with E-state index >= 15 is 0 Å². The van der Waals surface area contributed by atoms with Crippen LogP contribution in [0.3, 0.4) is 0 Å². The molecule has 0 bridgehead atoms. The van der Waals surface area contributed by atoms with Gasteiger partial charge in [0.15, 0.2) is 0 Å². The predicted octanol–water partition coefficient (Wildman–Crippen LogP) is 6.08. The lowest BCUT2D eigenvalue weighted by atomic mass is 10.1. The Kier molecular flexibility index (Phi) is 7.96. The minimum absolute atomic E-state index is 0.989. The highest BCUT2D eigenvalue weighted by atomic mass is 35.5. The molecule has 1 rings (SSSR count). The molecule has 16 heavy (non-hydrogen) atoms. The van der Waals surface area contributed by atoms with Crippen LogP contribution in [0.4, 0.5) is 0 Å². The summed E-state index contributed by atoms with van der Waals surface area (Å²) in [7, 11) is 0. The summed E-state index contributed by atoms with van der Waals surface area (Å²) in [6, 6.07) is 2.16. The molecule has 1 aromatic heterocycles. The largest absolute Gasteiger partial charge is 0.132 e. The molecule has 1 aromatic rings. The van der Waals surface area contributed by atoms with Crippen LogP contribution in [0.5, 0.6) is 0 Å². The number of hydrogen-bond donors (Lipinski definition) is 0. The third-order valence-corrected chi connectivity index (χ3v) is 4.24. The van der Waals surface area contributed by atoms with Crippen molar-refractivity contribution in [2.75, 3.05) is 0 Å². The smallest absolute Gasteiger partial charge is 0.0960 e. The molecular weight excluding hydrogens is 236 g/mol. The van der Waals surface area contributed by atoms with Gasteiger partial charge in [-0.1, -0.05) is 63.5 Å². The number of rotatable bonds is 9. The van der Waals surface area contributed by atoms with Crippen LogP contribution >= 0.6 is 22.9 Å². The monoisotopic (exact) mass is 258 g/mol. The van der Waals surface area contributed by atoms with Gasteiger partial charge in [0, 0.05) is 0 Å². The van der Waals surface area contributed by atoms with Crippen molar-refractivity contribution < 1.29 is 0 Å². The van der Waals surface area contributed by atoms with E-state index in [0.717, 1.165) is 10.8 Å². The molecule has 1 heterocycles. The average molecular weight is 259 g/mol. The number of unbranched alkanes of at least 4 members (excludes halogenated alkanes) is 7. The fourth-order valence-corrected chi connectivity index (χ4v) is 2.93. The molecule has 0 N–H and O–H groups in total. The van der Waals surface area contributed by atoms with E-state index in [4.69, 9.17) is 11.6 Å². The Morgan fingerprint density at radius 1 is 1.00 bits per heavy atom. The Morgan fingerprint density at radius 2 is 1.62 bits per heavy atom. The van der Waals surface area contributed by atoms with E-state index in [1.54, 1.807) is 11.3 Å². The molecule has 0 unspecified atom stereocenters. The first kappa shape index (κ1) is 14.1. The maximum atomic E-state index is 6.06. The van der Waals surface area contributed by atoms with Crippen LogP contribution in [0.15, 0.2) is 11.4 Å². The van der Waals surface area contributed by atoms with Crippen molar-refractivity contribution in [1.82, 2.24) is 0 Å². The lowest BCUT2D eigenvalue weighted by Gasteiger charge is -2.01. The fourth-order valence-electron chi connectivity index (χ4n) is 1.95. The van der Waals surface area contributed by atoms with Crippen LogP contribution in [0.2, 0.25) is 4.34 Å². The number of thiophene rings is 1. The molecule has 92 valence electrons. The summed E-state index contributed by atoms with van der Waals surface area (Å²) in [5.74, 6) is 0. The lowest BCUT2D eigenvalue weighted by Crippen LogP contribution is -1.84. The standard InChI is InChI=1S/C14H23ClS/c1-2-3-4-5-6-7-8-9-10-13-11-12-16-14(13)15/h11-12H,2-10H2,1H3. The molecule has 0 atom stereocenters. The van der Waals surface area contributed by atoms with Gasteiger partial charge in [-0.05, 0) is 29.9 Å². The highest BCUT2D eigenvalue weighted by Gasteiger charge is 2.00. The minimum Gasteiger partial charge on any atom is -0.132 e. The second-order valence-electron chi connectivity index (χ2n) is 4.44. The molecule has 0 aliphatic carbocycles. The second kappa shape index (κ2) is 9.07. The van der Waals surface area contributed by atoms with Crippen molar-refractivity contribution in [3.05, 3.63) is 21.3 Å². The zero-order valence-corrected chi connectivity index (χ0v) is 11.9. The van der Waals surface area contributed by atoms with Crippen molar-refractivity contribution in [2.45, 2.75) is 64.7 Å². The Balaban J connectivity index is 1.91. The molecule has 2 heteroatoms. The zero-order chi connectivity index (χ0) is 11.6. The van der Waals surface area contributed by atoms with Crippen molar-refractivity contribution in [1.29, 1.82) is 0 Å². The fraction of sp³-hybridized carbons (Fsp3) is 0.714. The molecule has 0 spiro atoms. The molecule has 0 nitrogen and oxygen atoms in total. The topological polar surface area (TPSA) is 0 Å². The Bertz CT molecular complexity index is 267. The van der Waals surface area contributed by atoms with Gasteiger partial charge in [0.2, 0.25) is 0 Å². The Labute approximate surface area is 109 Å². The first-order chi connectivity index (χ1) is 7.84. The summed E-state index contributed by atoms with van der Waals surface area (Å²) in [5, 5.41) is 2.09. The third-order valence-electron chi connectivity index (χ3n) is 2.99. The van der Waals surface area contributed by atoms with E-state index in [-0.39, 0.29) is 0 Å². The molecule has 0 aliphatic heterocycles. The first-order valence-corrected chi connectivity index (χ1v) is 7.82. The van der Waals surface area contributed by atoms with Gasteiger partial charge in [-0.25, -0.2) is 0 Å². The lowest BCUT2D eigenvalue weighted by molar-refractivity contribution is 0.576. The molecule has 0 aromatic carbocycles. The third kappa shape index (κ3) is 5.91. The van der Waals surface area contributed by atoms with Crippen molar-refractivity contribution >= 4 is 22.9 Å². The van der Waals surface area contributed by atoms with Crippen molar-refractivity contribution in [2.24, 2.45) is 0 Å². The zero-order valence-electron chi connectivity index (χ0n) is 10.3. The van der Waals surface area contributed by atoms with Gasteiger partial charge < -0.3 is 0 Å². The Morgan fingerprint density at radius 3 is 2.19 bits per heavy atom. The average Bonchev–Trinajstić information content (AvgIpc) is 2.68. The summed E-state index contributed by atoms with van der Waals surface area (Å²) in [5.41, 5.74) is 1.35. The predicted molar refractivity (Wildman–Crippen MR) is 75.6 cm³/mol. The molecule has 0 saturated heterocycles. The maximum Gasteiger partial charge on any atom is 0.0960 e. The van der Waals surface area contributed by atoms with Crippen LogP contribution < -0.4 is 0 Å². The van der Waals surface area contributed by atoms with E-state index < -0.39 is 0 Å². The maximum absolute atomic E-state index is 6.06. The molecule has 0 fully saturated rings. The Hall–Kier alpha value is -0.0100. The summed E-state index contributed by atoms with van der Waals surface area (Å²) in [6.45, 7) is 2.27. The van der Waals surface area contributed by atoms with E-state index in [0.29, 0.717) is 0 Å². The first-order valence-electron chi connectivity index (χ1n) is 6.56. The van der Waals surface area contributed by atoms with E-state index in [9.17, 15) is 0 Å². The van der Waals surface area contributed by atoms with E-state index in [2.05, 4.69) is 18.4 Å². The number of halogens is 1. The van der Waals surface area contributed by atoms with Gasteiger partial charge in [-0.2, -0.15) is 0 Å². The van der Waals surface area contributed by atoms with Crippen LogP contribution in [0.1, 0.15) is 63.9 Å². The summed E-state index contributed by atoms with van der Waals surface area (Å²) in [6.07, 6.45) is 12.2. The highest BCUT2D eigenvalue weighted by molar-refractivity contribution is 7.14. The van der Waals surface area contributed by atoms with Crippen LogP contribution in [-0.4, -0.2) is 0 Å². The van der Waals surface area contributed by atoms with Gasteiger partial charge in [-0.3, -0.25) is 0 Å². The summed E-state index contributed by atoms with van der Waals surface area (Å²) in [4.78, 5) is 0. The molecular formula is C14H23ClS. The van der Waals surface area contributed by atoms with Crippen LogP contribution in [0, 0.1) is 0 Å². The van der Waals surface area contributed by atoms with Gasteiger partial charge in [0.25, 0.3) is 0 Å². The van der Waals surface area contributed by atoms with E-state index in [1.807, 2.05) is 0 Å². The summed E-state index contributed by atoms with van der Waals surface area (Å²) < 4.78 is 0.989. The SMILES string of the molecule is CCCCCCCCCCc1ccsc1Cl. The summed E-state index contributed by atoms with van der Waals surface area (Å²) >= 11 is 7.70. The van der Waals surface area contributed by atoms with Crippen LogP contribution in [0.25, 0.3) is 0 Å². The molecule has 0 radical (unpaired) electrons. The van der Waals surface area contributed by atoms with Gasteiger partial charge in [0.1, 0.15) is 0 Å². The number of hydrogen-bond acceptors (Lipinski definition) is 1. The van der Waals surface area contributed by atoms with E-state index in [1.165, 1.54) is 56.9 Å². The van der Waals surface area contributed by atoms with Gasteiger partial charge in [-0.15, -0.1) is 11.3 Å². The molecule has 0 saturated carbocycles. The van der Waals surface area contributed by atoms with Crippen LogP contribution in [-0.2, 0) is 6.42 Å². The quantitative estimate of drug-likeness (QED) is 0.471. The number of aryl methyl sites for hydroxylation is 1.